The number of piperazine rings is 1. The summed E-state index contributed by atoms with van der Waals surface area (Å²) in [5, 5.41) is 2.88. The number of ether oxygens (including phenoxy) is 1. The zero-order valence-electron chi connectivity index (χ0n) is 15.1. The number of carbonyl (C=O) groups is 2. The van der Waals surface area contributed by atoms with E-state index in [9.17, 15) is 9.59 Å². The topological polar surface area (TPSA) is 61.9 Å². The molecule has 3 amide bonds. The Balaban J connectivity index is 1.57. The summed E-state index contributed by atoms with van der Waals surface area (Å²) in [6.45, 7) is 3.98. The minimum atomic E-state index is -0.136. The van der Waals surface area contributed by atoms with E-state index in [1.165, 1.54) is 0 Å². The molecular formula is C20H23N3O3. The molecule has 3 rings (SSSR count). The monoisotopic (exact) mass is 353 g/mol. The number of para-hydroxylation sites is 1. The molecule has 1 aliphatic rings. The van der Waals surface area contributed by atoms with Gasteiger partial charge in [0.25, 0.3) is 5.91 Å². The van der Waals surface area contributed by atoms with Gasteiger partial charge < -0.3 is 19.9 Å². The van der Waals surface area contributed by atoms with Crippen molar-refractivity contribution in [3.05, 3.63) is 59.7 Å². The van der Waals surface area contributed by atoms with Crippen molar-refractivity contribution in [2.45, 2.75) is 6.92 Å². The van der Waals surface area contributed by atoms with Gasteiger partial charge in [0.1, 0.15) is 5.75 Å². The van der Waals surface area contributed by atoms with E-state index in [0.717, 1.165) is 17.0 Å². The van der Waals surface area contributed by atoms with Crippen LogP contribution in [0, 0.1) is 6.92 Å². The first kappa shape index (κ1) is 17.8. The second-order valence-corrected chi connectivity index (χ2v) is 6.26. The molecule has 6 heteroatoms. The first-order valence-electron chi connectivity index (χ1n) is 8.63. The molecule has 0 atom stereocenters. The van der Waals surface area contributed by atoms with Gasteiger partial charge in [-0.05, 0) is 42.8 Å². The van der Waals surface area contributed by atoms with Crippen LogP contribution >= 0.6 is 0 Å². The van der Waals surface area contributed by atoms with Crippen LogP contribution in [-0.4, -0.2) is 55.0 Å². The highest BCUT2D eigenvalue weighted by Crippen LogP contribution is 2.20. The number of amides is 3. The number of nitrogens with one attached hydrogen (secondary N) is 1. The Morgan fingerprint density at radius 2 is 1.62 bits per heavy atom. The number of urea groups is 1. The van der Waals surface area contributed by atoms with Gasteiger partial charge >= 0.3 is 6.03 Å². The smallest absolute Gasteiger partial charge is 0.321 e. The Labute approximate surface area is 153 Å². The Kier molecular flexibility index (Phi) is 5.41. The molecule has 0 aliphatic carbocycles. The number of carbonyl (C=O) groups excluding carboxylic acids is 2. The fourth-order valence-corrected chi connectivity index (χ4v) is 3.03. The number of aryl methyl sites for hydroxylation is 1. The average Bonchev–Trinajstić information content (AvgIpc) is 2.68. The molecule has 1 N–H and O–H groups in total. The van der Waals surface area contributed by atoms with Crippen LogP contribution in [0.2, 0.25) is 0 Å². The van der Waals surface area contributed by atoms with E-state index in [0.29, 0.717) is 31.7 Å². The van der Waals surface area contributed by atoms with E-state index in [2.05, 4.69) is 5.32 Å². The number of rotatable bonds is 3. The molecule has 0 bridgehead atoms. The number of methoxy groups -OCH3 is 1. The van der Waals surface area contributed by atoms with Gasteiger partial charge in [-0.3, -0.25) is 4.79 Å². The van der Waals surface area contributed by atoms with Crippen molar-refractivity contribution in [3.8, 4) is 5.75 Å². The molecule has 136 valence electrons. The van der Waals surface area contributed by atoms with Crippen molar-refractivity contribution >= 4 is 17.6 Å². The molecule has 1 saturated heterocycles. The molecule has 2 aromatic rings. The number of hydrogen-bond acceptors (Lipinski definition) is 3. The first-order chi connectivity index (χ1) is 12.6. The van der Waals surface area contributed by atoms with Crippen molar-refractivity contribution in [1.82, 2.24) is 9.80 Å². The predicted molar refractivity (Wildman–Crippen MR) is 101 cm³/mol. The van der Waals surface area contributed by atoms with Crippen LogP contribution < -0.4 is 10.1 Å². The third-order valence-corrected chi connectivity index (χ3v) is 4.52. The Morgan fingerprint density at radius 1 is 0.962 bits per heavy atom. The summed E-state index contributed by atoms with van der Waals surface area (Å²) in [6, 6.07) is 14.7. The summed E-state index contributed by atoms with van der Waals surface area (Å²) in [5.41, 5.74) is 2.34. The van der Waals surface area contributed by atoms with Gasteiger partial charge in [0.2, 0.25) is 0 Å². The lowest BCUT2D eigenvalue weighted by atomic mass is 10.1. The molecule has 1 aliphatic heterocycles. The molecule has 0 radical (unpaired) electrons. The maximum atomic E-state index is 12.7. The molecule has 1 fully saturated rings. The normalized spacial score (nSPS) is 14.1. The van der Waals surface area contributed by atoms with E-state index < -0.39 is 0 Å². The number of benzene rings is 2. The van der Waals surface area contributed by atoms with Crippen LogP contribution in [0.5, 0.6) is 5.75 Å². The standard InChI is InChI=1S/C20H23N3O3/c1-15-14-16(8-9-18(15)26-2)19(24)22-10-12-23(13-11-22)20(25)21-17-6-4-3-5-7-17/h3-9,14H,10-13H2,1-2H3,(H,21,25). The van der Waals surface area contributed by atoms with E-state index in [-0.39, 0.29) is 11.9 Å². The summed E-state index contributed by atoms with van der Waals surface area (Å²) in [4.78, 5) is 28.5. The number of nitrogens with zero attached hydrogens (tertiary/aromatic N) is 2. The molecular weight excluding hydrogens is 330 g/mol. The lowest BCUT2D eigenvalue weighted by molar-refractivity contribution is 0.0671. The molecule has 26 heavy (non-hydrogen) atoms. The van der Waals surface area contributed by atoms with Crippen molar-refractivity contribution in [2.75, 3.05) is 38.6 Å². The van der Waals surface area contributed by atoms with E-state index in [1.807, 2.05) is 49.4 Å². The molecule has 0 spiro atoms. The average molecular weight is 353 g/mol. The zero-order chi connectivity index (χ0) is 18.5. The fourth-order valence-electron chi connectivity index (χ4n) is 3.03. The van der Waals surface area contributed by atoms with Gasteiger partial charge in [0.05, 0.1) is 7.11 Å². The highest BCUT2D eigenvalue weighted by atomic mass is 16.5. The Bertz CT molecular complexity index is 784. The summed E-state index contributed by atoms with van der Waals surface area (Å²) < 4.78 is 5.24. The second-order valence-electron chi connectivity index (χ2n) is 6.26. The molecule has 0 aromatic heterocycles. The van der Waals surface area contributed by atoms with Crippen LogP contribution in [0.4, 0.5) is 10.5 Å². The molecule has 2 aromatic carbocycles. The Hall–Kier alpha value is -3.02. The van der Waals surface area contributed by atoms with Crippen molar-refractivity contribution in [1.29, 1.82) is 0 Å². The maximum Gasteiger partial charge on any atom is 0.321 e. The van der Waals surface area contributed by atoms with Crippen LogP contribution in [0.3, 0.4) is 0 Å². The summed E-state index contributed by atoms with van der Waals surface area (Å²) >= 11 is 0. The minimum Gasteiger partial charge on any atom is -0.496 e. The molecule has 6 nitrogen and oxygen atoms in total. The van der Waals surface area contributed by atoms with Gasteiger partial charge in [-0.15, -0.1) is 0 Å². The van der Waals surface area contributed by atoms with Crippen LogP contribution in [0.25, 0.3) is 0 Å². The molecule has 0 saturated carbocycles. The summed E-state index contributed by atoms with van der Waals surface area (Å²) in [7, 11) is 1.61. The van der Waals surface area contributed by atoms with E-state index >= 15 is 0 Å². The second kappa shape index (κ2) is 7.91. The van der Waals surface area contributed by atoms with E-state index in [1.54, 1.807) is 23.0 Å². The maximum absolute atomic E-state index is 12.7. The fraction of sp³-hybridized carbons (Fsp3) is 0.300. The van der Waals surface area contributed by atoms with Gasteiger partial charge in [0.15, 0.2) is 0 Å². The summed E-state index contributed by atoms with van der Waals surface area (Å²) in [5.74, 6) is 0.753. The van der Waals surface area contributed by atoms with Gasteiger partial charge in [-0.25, -0.2) is 4.79 Å². The van der Waals surface area contributed by atoms with Gasteiger partial charge in [-0.2, -0.15) is 0 Å². The van der Waals surface area contributed by atoms with Gasteiger partial charge in [0, 0.05) is 37.4 Å². The highest BCUT2D eigenvalue weighted by Gasteiger charge is 2.25. The third kappa shape index (κ3) is 3.96. The Morgan fingerprint density at radius 3 is 2.23 bits per heavy atom. The van der Waals surface area contributed by atoms with Crippen molar-refractivity contribution in [3.63, 3.8) is 0 Å². The lowest BCUT2D eigenvalue weighted by Gasteiger charge is -2.34. The van der Waals surface area contributed by atoms with Crippen LogP contribution in [0.15, 0.2) is 48.5 Å². The predicted octanol–water partition coefficient (Wildman–Crippen LogP) is 2.99. The zero-order valence-corrected chi connectivity index (χ0v) is 15.1. The highest BCUT2D eigenvalue weighted by molar-refractivity contribution is 5.95. The minimum absolute atomic E-state index is 0.0149. The van der Waals surface area contributed by atoms with Gasteiger partial charge in [-0.1, -0.05) is 18.2 Å². The third-order valence-electron chi connectivity index (χ3n) is 4.52. The SMILES string of the molecule is COc1ccc(C(=O)N2CCN(C(=O)Nc3ccccc3)CC2)cc1C. The van der Waals surface area contributed by atoms with E-state index in [4.69, 9.17) is 4.74 Å². The molecule has 0 unspecified atom stereocenters. The molecule has 1 heterocycles. The largest absolute Gasteiger partial charge is 0.496 e. The van der Waals surface area contributed by atoms with Crippen molar-refractivity contribution < 1.29 is 14.3 Å². The quantitative estimate of drug-likeness (QED) is 0.923. The van der Waals surface area contributed by atoms with Crippen LogP contribution in [0.1, 0.15) is 15.9 Å². The first-order valence-corrected chi connectivity index (χ1v) is 8.63. The number of hydrogen-bond donors (Lipinski definition) is 1. The van der Waals surface area contributed by atoms with Crippen molar-refractivity contribution in [2.24, 2.45) is 0 Å². The van der Waals surface area contributed by atoms with Crippen LogP contribution in [-0.2, 0) is 0 Å². The number of anilines is 1. The summed E-state index contributed by atoms with van der Waals surface area (Å²) in [6.07, 6.45) is 0. The lowest BCUT2D eigenvalue weighted by Crippen LogP contribution is -2.51.